The molecule has 9 aromatic carbocycles. The van der Waals surface area contributed by atoms with Crippen LogP contribution in [-0.2, 0) is 0 Å². The first-order chi connectivity index (χ1) is 23.7. The number of fused-ring (bicyclic) bond motifs is 4. The summed E-state index contributed by atoms with van der Waals surface area (Å²) in [4.78, 5) is 0. The molecule has 0 aliphatic rings. The summed E-state index contributed by atoms with van der Waals surface area (Å²) in [5, 5.41) is 10.2. The van der Waals surface area contributed by atoms with Gasteiger partial charge in [0.15, 0.2) is 0 Å². The highest BCUT2D eigenvalue weighted by molar-refractivity contribution is 6.22. The van der Waals surface area contributed by atoms with Crippen LogP contribution < -0.4 is 0 Å². The molecule has 9 rings (SSSR count). The van der Waals surface area contributed by atoms with E-state index in [1.165, 1.54) is 98.7 Å². The molecule has 0 spiro atoms. The third-order valence-corrected chi connectivity index (χ3v) is 10.2. The quantitative estimate of drug-likeness (QED) is 0.174. The fraction of sp³-hybridized carbons (Fsp3) is 0.0417. The van der Waals surface area contributed by atoms with Gasteiger partial charge >= 0.3 is 0 Å². The second-order valence-corrected chi connectivity index (χ2v) is 12.9. The maximum atomic E-state index is 2.41. The topological polar surface area (TPSA) is 0 Å². The highest BCUT2D eigenvalue weighted by Gasteiger charge is 2.18. The Bertz CT molecular complexity index is 2630. The van der Waals surface area contributed by atoms with Crippen LogP contribution in [0.5, 0.6) is 0 Å². The Balaban J connectivity index is 1.31. The summed E-state index contributed by atoms with van der Waals surface area (Å²) in [6.07, 6.45) is 0. The van der Waals surface area contributed by atoms with Crippen molar-refractivity contribution in [2.24, 2.45) is 0 Å². The lowest BCUT2D eigenvalue weighted by Gasteiger charge is -2.19. The molecule has 0 heteroatoms. The molecule has 0 nitrogen and oxygen atoms in total. The molecule has 0 heterocycles. The summed E-state index contributed by atoms with van der Waals surface area (Å²) in [6, 6.07) is 62.6. The van der Waals surface area contributed by atoms with Crippen molar-refractivity contribution >= 4 is 43.1 Å². The zero-order chi connectivity index (χ0) is 32.2. The molecule has 0 fully saturated rings. The van der Waals surface area contributed by atoms with E-state index >= 15 is 0 Å². The molecule has 0 saturated heterocycles. The predicted octanol–water partition coefficient (Wildman–Crippen LogP) is 13.6. The fourth-order valence-electron chi connectivity index (χ4n) is 7.85. The molecular weight excluding hydrogens is 577 g/mol. The van der Waals surface area contributed by atoms with Crippen LogP contribution in [0.25, 0.3) is 87.6 Å². The van der Waals surface area contributed by atoms with Gasteiger partial charge in [0.25, 0.3) is 0 Å². The molecule has 0 saturated carbocycles. The lowest BCUT2D eigenvalue weighted by atomic mass is 9.84. The Morgan fingerprint density at radius 1 is 0.292 bits per heavy atom. The molecule has 0 radical (unpaired) electrons. The van der Waals surface area contributed by atoms with Gasteiger partial charge in [0.2, 0.25) is 0 Å². The maximum absolute atomic E-state index is 2.41. The monoisotopic (exact) mass is 610 g/mol. The lowest BCUT2D eigenvalue weighted by Crippen LogP contribution is -1.93. The van der Waals surface area contributed by atoms with Crippen LogP contribution in [-0.4, -0.2) is 0 Å². The van der Waals surface area contributed by atoms with E-state index in [0.29, 0.717) is 0 Å². The van der Waals surface area contributed by atoms with Crippen molar-refractivity contribution < 1.29 is 0 Å². The number of benzene rings is 9. The SMILES string of the molecule is Cc1ccccc1-c1cc(-c2cccc(-c3c4ccccc4c(-c4ccc5ccccc5c4)c4ccccc34)c2)c2ccccc2c1C. The molecule has 9 aromatic rings. The van der Waals surface area contributed by atoms with E-state index in [0.717, 1.165) is 0 Å². The molecule has 48 heavy (non-hydrogen) atoms. The van der Waals surface area contributed by atoms with Crippen LogP contribution >= 0.6 is 0 Å². The van der Waals surface area contributed by atoms with E-state index < -0.39 is 0 Å². The summed E-state index contributed by atoms with van der Waals surface area (Å²) in [5.74, 6) is 0. The number of hydrogen-bond acceptors (Lipinski definition) is 0. The highest BCUT2D eigenvalue weighted by atomic mass is 14.2. The van der Waals surface area contributed by atoms with Crippen molar-refractivity contribution in [3.8, 4) is 44.5 Å². The van der Waals surface area contributed by atoms with Crippen LogP contribution in [0.2, 0.25) is 0 Å². The van der Waals surface area contributed by atoms with Gasteiger partial charge in [0.05, 0.1) is 0 Å². The maximum Gasteiger partial charge on any atom is -0.00262 e. The molecular formula is C48H34. The average molecular weight is 611 g/mol. The van der Waals surface area contributed by atoms with Crippen molar-refractivity contribution in [2.75, 3.05) is 0 Å². The van der Waals surface area contributed by atoms with Gasteiger partial charge < -0.3 is 0 Å². The van der Waals surface area contributed by atoms with Crippen molar-refractivity contribution in [3.63, 3.8) is 0 Å². The molecule has 0 aliphatic carbocycles. The summed E-state index contributed by atoms with van der Waals surface area (Å²) >= 11 is 0. The van der Waals surface area contributed by atoms with E-state index in [9.17, 15) is 0 Å². The molecule has 0 aliphatic heterocycles. The van der Waals surface area contributed by atoms with Crippen LogP contribution in [0, 0.1) is 13.8 Å². The van der Waals surface area contributed by atoms with Gasteiger partial charge in [0, 0.05) is 0 Å². The fourth-order valence-corrected chi connectivity index (χ4v) is 7.85. The third kappa shape index (κ3) is 4.53. The normalized spacial score (nSPS) is 11.5. The van der Waals surface area contributed by atoms with E-state index in [-0.39, 0.29) is 0 Å². The standard InChI is InChI=1S/C48H34/c1-31-14-3-6-19-38(31)45-30-46(40-21-8-7-20-39(40)32(45)2)35-17-13-18-36(29-35)47-41-22-9-11-24-43(41)48(44-25-12-10-23-42(44)47)37-27-26-33-15-4-5-16-34(33)28-37/h3-30H,1-2H3. The molecule has 0 amide bonds. The van der Waals surface area contributed by atoms with E-state index in [1.807, 2.05) is 0 Å². The Morgan fingerprint density at radius 3 is 1.48 bits per heavy atom. The minimum absolute atomic E-state index is 1.23. The minimum Gasteiger partial charge on any atom is -0.0620 e. The lowest BCUT2D eigenvalue weighted by molar-refractivity contribution is 1.43. The molecule has 0 unspecified atom stereocenters. The Kier molecular flexibility index (Phi) is 6.69. The van der Waals surface area contributed by atoms with Crippen molar-refractivity contribution in [1.82, 2.24) is 0 Å². The van der Waals surface area contributed by atoms with E-state index in [2.05, 4.69) is 184 Å². The number of aryl methyl sites for hydroxylation is 2. The largest absolute Gasteiger partial charge is 0.0620 e. The van der Waals surface area contributed by atoms with Crippen molar-refractivity contribution in [3.05, 3.63) is 181 Å². The van der Waals surface area contributed by atoms with Crippen molar-refractivity contribution in [1.29, 1.82) is 0 Å². The molecule has 0 aromatic heterocycles. The van der Waals surface area contributed by atoms with Crippen LogP contribution in [0.3, 0.4) is 0 Å². The summed E-state index contributed by atoms with van der Waals surface area (Å²) in [5.41, 5.74) is 12.7. The van der Waals surface area contributed by atoms with E-state index in [1.54, 1.807) is 0 Å². The van der Waals surface area contributed by atoms with Gasteiger partial charge in [-0.3, -0.25) is 0 Å². The highest BCUT2D eigenvalue weighted by Crippen LogP contribution is 2.45. The van der Waals surface area contributed by atoms with E-state index in [4.69, 9.17) is 0 Å². The van der Waals surface area contributed by atoms with Crippen LogP contribution in [0.15, 0.2) is 170 Å². The third-order valence-electron chi connectivity index (χ3n) is 10.2. The smallest absolute Gasteiger partial charge is 0.00262 e. The van der Waals surface area contributed by atoms with Crippen LogP contribution in [0.1, 0.15) is 11.1 Å². The predicted molar refractivity (Wildman–Crippen MR) is 208 cm³/mol. The second-order valence-electron chi connectivity index (χ2n) is 12.9. The summed E-state index contributed by atoms with van der Waals surface area (Å²) in [6.45, 7) is 4.47. The van der Waals surface area contributed by atoms with Gasteiger partial charge in [0.1, 0.15) is 0 Å². The first kappa shape index (κ1) is 28.3. The summed E-state index contributed by atoms with van der Waals surface area (Å²) in [7, 11) is 0. The van der Waals surface area contributed by atoms with Crippen molar-refractivity contribution in [2.45, 2.75) is 13.8 Å². The first-order valence-electron chi connectivity index (χ1n) is 16.8. The van der Waals surface area contributed by atoms with Gasteiger partial charge in [-0.2, -0.15) is 0 Å². The van der Waals surface area contributed by atoms with Gasteiger partial charge in [-0.05, 0) is 131 Å². The molecule has 0 atom stereocenters. The van der Waals surface area contributed by atoms with Gasteiger partial charge in [-0.15, -0.1) is 0 Å². The molecule has 226 valence electrons. The first-order valence-corrected chi connectivity index (χ1v) is 16.8. The number of hydrogen-bond donors (Lipinski definition) is 0. The Hall–Kier alpha value is -5.98. The average Bonchev–Trinajstić information content (AvgIpc) is 3.14. The molecule has 0 bridgehead atoms. The Labute approximate surface area is 281 Å². The molecule has 0 N–H and O–H groups in total. The van der Waals surface area contributed by atoms with Gasteiger partial charge in [-0.25, -0.2) is 0 Å². The van der Waals surface area contributed by atoms with Crippen LogP contribution in [0.4, 0.5) is 0 Å². The zero-order valence-electron chi connectivity index (χ0n) is 27.2. The summed E-state index contributed by atoms with van der Waals surface area (Å²) < 4.78 is 0. The number of rotatable bonds is 4. The minimum atomic E-state index is 1.23. The van der Waals surface area contributed by atoms with Gasteiger partial charge in [-0.1, -0.05) is 152 Å². The second kappa shape index (κ2) is 11.4. The Morgan fingerprint density at radius 2 is 0.812 bits per heavy atom. The zero-order valence-corrected chi connectivity index (χ0v) is 27.2.